The van der Waals surface area contributed by atoms with Gasteiger partial charge in [-0.15, -0.1) is 10.2 Å². The zero-order valence-corrected chi connectivity index (χ0v) is 13.3. The molecule has 2 aromatic heterocycles. The van der Waals surface area contributed by atoms with E-state index < -0.39 is 5.97 Å². The average molecular weight is 321 g/mol. The predicted molar refractivity (Wildman–Crippen MR) is 85.1 cm³/mol. The summed E-state index contributed by atoms with van der Waals surface area (Å²) in [4.78, 5) is 15.9. The van der Waals surface area contributed by atoms with Gasteiger partial charge in [-0.05, 0) is 25.1 Å². The highest BCUT2D eigenvalue weighted by atomic mass is 32.1. The molecule has 1 aliphatic heterocycles. The van der Waals surface area contributed by atoms with Crippen molar-refractivity contribution in [1.29, 1.82) is 0 Å². The van der Waals surface area contributed by atoms with Crippen LogP contribution in [0.4, 0.5) is 5.13 Å². The molecule has 0 atom stereocenters. The molecule has 1 N–H and O–H groups in total. The molecule has 0 amide bonds. The molecule has 118 valence electrons. The molecule has 0 bridgehead atoms. The maximum Gasteiger partial charge on any atom is 0.352 e. The number of aromatic nitrogens is 3. The third-order valence-electron chi connectivity index (χ3n) is 3.76. The van der Waals surface area contributed by atoms with Gasteiger partial charge in [0.05, 0.1) is 0 Å². The Hall–Kier alpha value is -1.93. The minimum Gasteiger partial charge on any atom is -0.477 e. The van der Waals surface area contributed by atoms with Gasteiger partial charge in [-0.3, -0.25) is 9.47 Å². The molecule has 7 nitrogen and oxygen atoms in total. The van der Waals surface area contributed by atoms with Crippen molar-refractivity contribution >= 4 is 22.4 Å². The molecule has 0 radical (unpaired) electrons. The van der Waals surface area contributed by atoms with Crippen LogP contribution in [0.15, 0.2) is 18.3 Å². The second-order valence-corrected chi connectivity index (χ2v) is 6.20. The Morgan fingerprint density at radius 3 is 2.68 bits per heavy atom. The fourth-order valence-corrected chi connectivity index (χ4v) is 3.53. The van der Waals surface area contributed by atoms with E-state index in [0.717, 1.165) is 37.9 Å². The van der Waals surface area contributed by atoms with Crippen molar-refractivity contribution in [2.75, 3.05) is 37.6 Å². The average Bonchev–Trinajstić information content (AvgIpc) is 3.17. The van der Waals surface area contributed by atoms with Crippen LogP contribution in [0.1, 0.15) is 23.8 Å². The molecule has 0 aliphatic carbocycles. The van der Waals surface area contributed by atoms with E-state index in [0.29, 0.717) is 5.13 Å². The summed E-state index contributed by atoms with van der Waals surface area (Å²) < 4.78 is 1.57. The SMILES string of the molecule is CCCN1CCN(c2nnc(-n3cccc3C(=O)O)s2)CC1. The van der Waals surface area contributed by atoms with Crippen LogP contribution in [0.5, 0.6) is 0 Å². The summed E-state index contributed by atoms with van der Waals surface area (Å²) in [6.45, 7) is 7.28. The molecule has 0 aromatic carbocycles. The summed E-state index contributed by atoms with van der Waals surface area (Å²) in [7, 11) is 0. The highest BCUT2D eigenvalue weighted by Crippen LogP contribution is 2.25. The van der Waals surface area contributed by atoms with Gasteiger partial charge in [0.25, 0.3) is 0 Å². The molecular weight excluding hydrogens is 302 g/mol. The van der Waals surface area contributed by atoms with Crippen LogP contribution in [0, 0.1) is 0 Å². The quantitative estimate of drug-likeness (QED) is 0.901. The number of carbonyl (C=O) groups is 1. The molecule has 1 fully saturated rings. The fraction of sp³-hybridized carbons (Fsp3) is 0.500. The summed E-state index contributed by atoms with van der Waals surface area (Å²) >= 11 is 1.43. The Kier molecular flexibility index (Phi) is 4.39. The van der Waals surface area contributed by atoms with Crippen molar-refractivity contribution < 1.29 is 9.90 Å². The van der Waals surface area contributed by atoms with Crippen LogP contribution in [0.2, 0.25) is 0 Å². The zero-order chi connectivity index (χ0) is 15.5. The number of anilines is 1. The van der Waals surface area contributed by atoms with Crippen LogP contribution >= 0.6 is 11.3 Å². The lowest BCUT2D eigenvalue weighted by Gasteiger charge is -2.33. The van der Waals surface area contributed by atoms with Gasteiger partial charge in [-0.1, -0.05) is 18.3 Å². The standard InChI is InChI=1S/C14H19N5O2S/c1-2-5-17-7-9-18(10-8-17)13-15-16-14(22-13)19-6-3-4-11(19)12(20)21/h3-4,6H,2,5,7-10H2,1H3,(H,20,21). The molecule has 8 heteroatoms. The number of hydrogen-bond acceptors (Lipinski definition) is 6. The Labute approximate surface area is 132 Å². The number of hydrogen-bond donors (Lipinski definition) is 1. The molecule has 1 saturated heterocycles. The van der Waals surface area contributed by atoms with Gasteiger partial charge in [0, 0.05) is 32.4 Å². The molecule has 22 heavy (non-hydrogen) atoms. The maximum absolute atomic E-state index is 11.2. The first-order valence-electron chi connectivity index (χ1n) is 7.41. The first-order valence-corrected chi connectivity index (χ1v) is 8.22. The maximum atomic E-state index is 11.2. The van der Waals surface area contributed by atoms with Gasteiger partial charge in [0.2, 0.25) is 10.3 Å². The highest BCUT2D eigenvalue weighted by Gasteiger charge is 2.21. The second-order valence-electron chi connectivity index (χ2n) is 5.26. The second kappa shape index (κ2) is 6.45. The summed E-state index contributed by atoms with van der Waals surface area (Å²) in [5.41, 5.74) is 0.204. The molecule has 2 aromatic rings. The van der Waals surface area contributed by atoms with Gasteiger partial charge in [-0.2, -0.15) is 0 Å². The van der Waals surface area contributed by atoms with Crippen molar-refractivity contribution in [3.8, 4) is 5.13 Å². The number of nitrogens with zero attached hydrogens (tertiary/aromatic N) is 5. The van der Waals surface area contributed by atoms with Gasteiger partial charge < -0.3 is 10.0 Å². The van der Waals surface area contributed by atoms with Crippen molar-refractivity contribution in [2.24, 2.45) is 0 Å². The molecule has 3 rings (SSSR count). The van der Waals surface area contributed by atoms with Crippen molar-refractivity contribution in [3.63, 3.8) is 0 Å². The van der Waals surface area contributed by atoms with Crippen LogP contribution in [-0.2, 0) is 0 Å². The summed E-state index contributed by atoms with van der Waals surface area (Å²) in [5, 5.41) is 19.0. The number of carboxylic acids is 1. The molecule has 3 heterocycles. The van der Waals surface area contributed by atoms with Crippen molar-refractivity contribution in [3.05, 3.63) is 24.0 Å². The lowest BCUT2D eigenvalue weighted by atomic mass is 10.3. The lowest BCUT2D eigenvalue weighted by molar-refractivity contribution is 0.0688. The Bertz CT molecular complexity index is 645. The van der Waals surface area contributed by atoms with E-state index in [1.165, 1.54) is 17.8 Å². The Balaban J connectivity index is 1.72. The summed E-state index contributed by atoms with van der Waals surface area (Å²) in [6.07, 6.45) is 2.88. The van der Waals surface area contributed by atoms with Gasteiger partial charge in [0.15, 0.2) is 0 Å². The van der Waals surface area contributed by atoms with E-state index in [2.05, 4.69) is 26.9 Å². The van der Waals surface area contributed by atoms with E-state index >= 15 is 0 Å². The monoisotopic (exact) mass is 321 g/mol. The molecule has 0 spiro atoms. The Morgan fingerprint density at radius 2 is 2.00 bits per heavy atom. The number of aromatic carboxylic acids is 1. The molecule has 0 unspecified atom stereocenters. The smallest absolute Gasteiger partial charge is 0.352 e. The topological polar surface area (TPSA) is 74.5 Å². The van der Waals surface area contributed by atoms with Gasteiger partial charge in [0.1, 0.15) is 5.69 Å². The number of piperazine rings is 1. The predicted octanol–water partition coefficient (Wildman–Crippen LogP) is 1.56. The van der Waals surface area contributed by atoms with Crippen LogP contribution in [0.3, 0.4) is 0 Å². The largest absolute Gasteiger partial charge is 0.477 e. The van der Waals surface area contributed by atoms with E-state index in [1.54, 1.807) is 22.9 Å². The van der Waals surface area contributed by atoms with E-state index in [-0.39, 0.29) is 5.69 Å². The van der Waals surface area contributed by atoms with Crippen LogP contribution in [-0.4, -0.2) is 63.5 Å². The first-order chi connectivity index (χ1) is 10.7. The third-order valence-corrected chi connectivity index (χ3v) is 4.74. The van der Waals surface area contributed by atoms with Crippen LogP contribution < -0.4 is 4.90 Å². The number of carboxylic acid groups (broad SMARTS) is 1. The van der Waals surface area contributed by atoms with Crippen molar-refractivity contribution in [2.45, 2.75) is 13.3 Å². The third kappa shape index (κ3) is 2.97. The normalized spacial score (nSPS) is 16.1. The highest BCUT2D eigenvalue weighted by molar-refractivity contribution is 7.17. The zero-order valence-electron chi connectivity index (χ0n) is 12.5. The minimum atomic E-state index is -0.963. The van der Waals surface area contributed by atoms with Crippen molar-refractivity contribution in [1.82, 2.24) is 19.7 Å². The Morgan fingerprint density at radius 1 is 1.27 bits per heavy atom. The fourth-order valence-electron chi connectivity index (χ4n) is 2.63. The van der Waals surface area contributed by atoms with Crippen LogP contribution in [0.25, 0.3) is 5.13 Å². The lowest BCUT2D eigenvalue weighted by Crippen LogP contribution is -2.46. The molecule has 0 saturated carbocycles. The van der Waals surface area contributed by atoms with E-state index in [4.69, 9.17) is 0 Å². The summed E-state index contributed by atoms with van der Waals surface area (Å²) in [6, 6.07) is 3.26. The van der Waals surface area contributed by atoms with Gasteiger partial charge >= 0.3 is 5.97 Å². The minimum absolute atomic E-state index is 0.204. The van der Waals surface area contributed by atoms with Gasteiger partial charge in [-0.25, -0.2) is 4.79 Å². The number of rotatable bonds is 5. The van der Waals surface area contributed by atoms with E-state index in [9.17, 15) is 9.90 Å². The first kappa shape index (κ1) is 15.0. The summed E-state index contributed by atoms with van der Waals surface area (Å²) in [5.74, 6) is -0.963. The molecule has 1 aliphatic rings. The van der Waals surface area contributed by atoms with E-state index in [1.807, 2.05) is 0 Å². The molecular formula is C14H19N5O2S.